The fourth-order valence-electron chi connectivity index (χ4n) is 2.42. The van der Waals surface area contributed by atoms with E-state index in [0.717, 1.165) is 12.8 Å². The van der Waals surface area contributed by atoms with Crippen LogP contribution in [0, 0.1) is 11.8 Å². The van der Waals surface area contributed by atoms with Gasteiger partial charge in [0.2, 0.25) is 0 Å². The number of hydrogen-bond acceptors (Lipinski definition) is 2. The van der Waals surface area contributed by atoms with Gasteiger partial charge in [-0.3, -0.25) is 5.26 Å². The summed E-state index contributed by atoms with van der Waals surface area (Å²) >= 11 is 0. The molecule has 0 aromatic rings. The Morgan fingerprint density at radius 1 is 1.06 bits per heavy atom. The first-order valence-corrected chi connectivity index (χ1v) is 6.18. The number of hydrogen-bond donors (Lipinski definition) is 1. The summed E-state index contributed by atoms with van der Waals surface area (Å²) < 4.78 is 0. The lowest BCUT2D eigenvalue weighted by molar-refractivity contribution is -0.269. The minimum atomic E-state index is -0.116. The maximum absolute atomic E-state index is 8.64. The van der Waals surface area contributed by atoms with Crippen molar-refractivity contribution in [3.05, 3.63) is 36.5 Å². The van der Waals surface area contributed by atoms with Crippen molar-refractivity contribution in [1.29, 1.82) is 0 Å². The second kappa shape index (κ2) is 6.02. The molecule has 3 unspecified atom stereocenters. The van der Waals surface area contributed by atoms with Gasteiger partial charge in [0, 0.05) is 0 Å². The third-order valence-electron chi connectivity index (χ3n) is 3.43. The minimum absolute atomic E-state index is 0.116. The van der Waals surface area contributed by atoms with E-state index in [4.69, 9.17) is 5.26 Å². The van der Waals surface area contributed by atoms with Gasteiger partial charge in [-0.05, 0) is 43.9 Å². The van der Waals surface area contributed by atoms with E-state index in [1.54, 1.807) is 0 Å². The fraction of sp³-hybridized carbons (Fsp3) is 0.571. The van der Waals surface area contributed by atoms with Crippen molar-refractivity contribution in [3.8, 4) is 0 Å². The highest BCUT2D eigenvalue weighted by molar-refractivity contribution is 5.06. The molecule has 0 radical (unpaired) electrons. The molecule has 0 amide bonds. The largest absolute Gasteiger partial charge is 0.251 e. The van der Waals surface area contributed by atoms with Gasteiger partial charge in [-0.1, -0.05) is 36.5 Å². The first kappa shape index (κ1) is 11.6. The monoisotopic (exact) mass is 220 g/mol. The van der Waals surface area contributed by atoms with Gasteiger partial charge in [0.25, 0.3) is 0 Å². The van der Waals surface area contributed by atoms with Crippen LogP contribution in [0.1, 0.15) is 32.1 Å². The highest BCUT2D eigenvalue weighted by Gasteiger charge is 2.16. The molecule has 3 atom stereocenters. The van der Waals surface area contributed by atoms with Crippen LogP contribution in [0.5, 0.6) is 0 Å². The average Bonchev–Trinajstić information content (AvgIpc) is 2.38. The van der Waals surface area contributed by atoms with Crippen LogP contribution in [0.15, 0.2) is 36.5 Å². The van der Waals surface area contributed by atoms with Gasteiger partial charge >= 0.3 is 0 Å². The van der Waals surface area contributed by atoms with Crippen LogP contribution in [0.2, 0.25) is 0 Å². The van der Waals surface area contributed by atoms with E-state index in [1.807, 2.05) is 6.08 Å². The summed E-state index contributed by atoms with van der Waals surface area (Å²) in [6.07, 6.45) is 18.7. The Hall–Kier alpha value is -0.860. The molecule has 2 aliphatic carbocycles. The van der Waals surface area contributed by atoms with Crippen molar-refractivity contribution in [1.82, 2.24) is 0 Å². The molecular formula is C14H20O2. The molecule has 2 rings (SSSR count). The highest BCUT2D eigenvalue weighted by atomic mass is 17.1. The van der Waals surface area contributed by atoms with Crippen LogP contribution in [-0.2, 0) is 4.89 Å². The smallest absolute Gasteiger partial charge is 0.111 e. The van der Waals surface area contributed by atoms with E-state index in [0.29, 0.717) is 11.8 Å². The fourth-order valence-corrected chi connectivity index (χ4v) is 2.42. The molecule has 0 aromatic carbocycles. The molecule has 0 heterocycles. The number of allylic oxidation sites excluding steroid dienone is 5. The zero-order valence-electron chi connectivity index (χ0n) is 9.59. The topological polar surface area (TPSA) is 29.5 Å². The van der Waals surface area contributed by atoms with Crippen LogP contribution >= 0.6 is 0 Å². The highest BCUT2D eigenvalue weighted by Crippen LogP contribution is 2.25. The van der Waals surface area contributed by atoms with Crippen LogP contribution in [0.4, 0.5) is 0 Å². The minimum Gasteiger partial charge on any atom is -0.251 e. The molecule has 88 valence electrons. The van der Waals surface area contributed by atoms with E-state index in [9.17, 15) is 0 Å². The lowest BCUT2D eigenvalue weighted by atomic mass is 9.88. The van der Waals surface area contributed by atoms with Gasteiger partial charge in [0.1, 0.15) is 6.10 Å². The van der Waals surface area contributed by atoms with E-state index < -0.39 is 0 Å². The summed E-state index contributed by atoms with van der Waals surface area (Å²) in [5, 5.41) is 8.64. The molecule has 0 saturated carbocycles. The molecule has 0 saturated heterocycles. The van der Waals surface area contributed by atoms with Crippen LogP contribution in [0.25, 0.3) is 0 Å². The summed E-state index contributed by atoms with van der Waals surface area (Å²) in [7, 11) is 0. The number of rotatable bonds is 3. The first-order chi connectivity index (χ1) is 7.88. The van der Waals surface area contributed by atoms with E-state index in [1.165, 1.54) is 19.3 Å². The SMILES string of the molecule is OOC1C=CCC(/C=C/C2CC=CCC2)C1. The average molecular weight is 220 g/mol. The quantitative estimate of drug-likeness (QED) is 0.446. The molecular weight excluding hydrogens is 200 g/mol. The van der Waals surface area contributed by atoms with Gasteiger partial charge in [-0.2, -0.15) is 0 Å². The Kier molecular flexibility index (Phi) is 4.37. The molecule has 1 N–H and O–H groups in total. The Morgan fingerprint density at radius 3 is 2.62 bits per heavy atom. The predicted molar refractivity (Wildman–Crippen MR) is 65.0 cm³/mol. The van der Waals surface area contributed by atoms with Gasteiger partial charge in [-0.15, -0.1) is 0 Å². The van der Waals surface area contributed by atoms with Gasteiger partial charge < -0.3 is 0 Å². The van der Waals surface area contributed by atoms with Gasteiger partial charge in [0.05, 0.1) is 0 Å². The molecule has 0 spiro atoms. The zero-order valence-corrected chi connectivity index (χ0v) is 9.59. The first-order valence-electron chi connectivity index (χ1n) is 6.18. The van der Waals surface area contributed by atoms with Crippen molar-refractivity contribution in [2.75, 3.05) is 0 Å². The Labute approximate surface area is 97.2 Å². The molecule has 2 aliphatic rings. The predicted octanol–water partition coefficient (Wildman–Crippen LogP) is 3.72. The Balaban J connectivity index is 1.82. The summed E-state index contributed by atoms with van der Waals surface area (Å²) in [5.74, 6) is 1.23. The molecule has 0 bridgehead atoms. The van der Waals surface area contributed by atoms with Crippen molar-refractivity contribution < 1.29 is 10.1 Å². The van der Waals surface area contributed by atoms with E-state index in [-0.39, 0.29) is 6.10 Å². The molecule has 16 heavy (non-hydrogen) atoms. The van der Waals surface area contributed by atoms with Crippen molar-refractivity contribution in [3.63, 3.8) is 0 Å². The molecule has 0 fully saturated rings. The molecule has 2 heteroatoms. The molecule has 2 nitrogen and oxygen atoms in total. The summed E-state index contributed by atoms with van der Waals surface area (Å²) in [6.45, 7) is 0. The summed E-state index contributed by atoms with van der Waals surface area (Å²) in [5.41, 5.74) is 0. The lowest BCUT2D eigenvalue weighted by Crippen LogP contribution is -2.16. The zero-order chi connectivity index (χ0) is 11.2. The van der Waals surface area contributed by atoms with Crippen LogP contribution in [-0.4, -0.2) is 11.4 Å². The molecule has 0 aliphatic heterocycles. The summed E-state index contributed by atoms with van der Waals surface area (Å²) in [6, 6.07) is 0. The van der Waals surface area contributed by atoms with Crippen molar-refractivity contribution in [2.24, 2.45) is 11.8 Å². The van der Waals surface area contributed by atoms with E-state index in [2.05, 4.69) is 35.3 Å². The van der Waals surface area contributed by atoms with Crippen LogP contribution < -0.4 is 0 Å². The second-order valence-corrected chi connectivity index (χ2v) is 4.73. The van der Waals surface area contributed by atoms with Crippen molar-refractivity contribution >= 4 is 0 Å². The third-order valence-corrected chi connectivity index (χ3v) is 3.43. The van der Waals surface area contributed by atoms with Gasteiger partial charge in [-0.25, -0.2) is 4.89 Å². The normalized spacial score (nSPS) is 34.7. The van der Waals surface area contributed by atoms with E-state index >= 15 is 0 Å². The second-order valence-electron chi connectivity index (χ2n) is 4.73. The summed E-state index contributed by atoms with van der Waals surface area (Å²) in [4.78, 5) is 4.38. The third kappa shape index (κ3) is 3.32. The Morgan fingerprint density at radius 2 is 1.88 bits per heavy atom. The maximum atomic E-state index is 8.64. The van der Waals surface area contributed by atoms with Crippen LogP contribution in [0.3, 0.4) is 0 Å². The van der Waals surface area contributed by atoms with Gasteiger partial charge in [0.15, 0.2) is 0 Å². The standard InChI is InChI=1S/C14H20O2/c15-16-14-8-4-7-13(11-14)10-9-12-5-2-1-3-6-12/h1-2,4,8-10,12-15H,3,5-7,11H2/b10-9+. The Bertz CT molecular complexity index is 291. The maximum Gasteiger partial charge on any atom is 0.111 e. The lowest BCUT2D eigenvalue weighted by Gasteiger charge is -2.21. The molecule has 0 aromatic heterocycles. The van der Waals surface area contributed by atoms with Crippen molar-refractivity contribution in [2.45, 2.75) is 38.2 Å².